The largest absolute Gasteiger partial charge is 0.352 e. The van der Waals surface area contributed by atoms with Gasteiger partial charge in [-0.2, -0.15) is 0 Å². The molecule has 0 bridgehead atoms. The quantitative estimate of drug-likeness (QED) is 0.525. The molecule has 0 aliphatic rings. The van der Waals surface area contributed by atoms with E-state index in [4.69, 9.17) is 4.55 Å². The molecule has 0 aliphatic heterocycles. The minimum absolute atomic E-state index is 0.236. The number of hydrogen-bond acceptors (Lipinski definition) is 2. The molecule has 1 amide bonds. The van der Waals surface area contributed by atoms with Crippen LogP contribution in [0, 0.1) is 0 Å². The number of rotatable bonds is 7. The van der Waals surface area contributed by atoms with Crippen LogP contribution in [0.2, 0.25) is 0 Å². The summed E-state index contributed by atoms with van der Waals surface area (Å²) in [6.07, 6.45) is 3.10. The van der Waals surface area contributed by atoms with Gasteiger partial charge in [0.15, 0.2) is 0 Å². The maximum Gasteiger partial charge on any atom is 0.259 e. The summed E-state index contributed by atoms with van der Waals surface area (Å²) in [6.45, 7) is 2.71. The van der Waals surface area contributed by atoms with E-state index in [1.165, 1.54) is 0 Å². The van der Waals surface area contributed by atoms with Crippen LogP contribution >= 0.6 is 0 Å². The summed E-state index contributed by atoms with van der Waals surface area (Å²) in [5, 5.41) is 2.79. The van der Waals surface area contributed by atoms with Crippen molar-refractivity contribution in [1.29, 1.82) is 0 Å². The second-order valence-corrected chi connectivity index (χ2v) is 4.56. The third-order valence-electron chi connectivity index (χ3n) is 2.43. The molecule has 0 saturated carbocycles. The van der Waals surface area contributed by atoms with Crippen molar-refractivity contribution < 1.29 is 13.6 Å². The topological polar surface area (TPSA) is 78.4 Å². The zero-order chi connectivity index (χ0) is 13.4. The van der Waals surface area contributed by atoms with Crippen LogP contribution in [0.1, 0.15) is 36.5 Å². The zero-order valence-corrected chi connectivity index (χ0v) is 11.1. The van der Waals surface area contributed by atoms with E-state index < -0.39 is 11.3 Å². The van der Waals surface area contributed by atoms with Gasteiger partial charge in [-0.15, -0.1) is 0 Å². The van der Waals surface area contributed by atoms with Gasteiger partial charge >= 0.3 is 0 Å². The lowest BCUT2D eigenvalue weighted by atomic mass is 10.1. The second-order valence-electron chi connectivity index (χ2n) is 3.86. The van der Waals surface area contributed by atoms with Crippen LogP contribution in [0.3, 0.4) is 0 Å². The highest BCUT2D eigenvalue weighted by Gasteiger charge is 2.11. The van der Waals surface area contributed by atoms with E-state index in [9.17, 15) is 9.00 Å². The summed E-state index contributed by atoms with van der Waals surface area (Å²) in [5.41, 5.74) is 0.725. The zero-order valence-electron chi connectivity index (χ0n) is 10.3. The first-order chi connectivity index (χ1) is 8.65. The van der Waals surface area contributed by atoms with Gasteiger partial charge in [0, 0.05) is 6.54 Å². The normalized spacial score (nSPS) is 11.9. The third-order valence-corrected chi connectivity index (χ3v) is 2.83. The fourth-order valence-corrected chi connectivity index (χ4v) is 1.90. The monoisotopic (exact) mass is 270 g/mol. The molecule has 3 N–H and O–H groups in total. The Bertz CT molecular complexity index is 424. The molecule has 18 heavy (non-hydrogen) atoms. The van der Waals surface area contributed by atoms with Gasteiger partial charge in [0.1, 0.15) is 0 Å². The number of benzene rings is 1. The Balaban J connectivity index is 2.63. The van der Waals surface area contributed by atoms with Gasteiger partial charge in [0.05, 0.1) is 11.3 Å². The van der Waals surface area contributed by atoms with Crippen LogP contribution in [0.25, 0.3) is 0 Å². The summed E-state index contributed by atoms with van der Waals surface area (Å²) in [6, 6.07) is 6.62. The smallest absolute Gasteiger partial charge is 0.259 e. The molecule has 1 unspecified atom stereocenters. The van der Waals surface area contributed by atoms with Crippen molar-refractivity contribution >= 4 is 22.9 Å². The van der Waals surface area contributed by atoms with Crippen LogP contribution in [-0.4, -0.2) is 21.2 Å². The Kier molecular flexibility index (Phi) is 6.38. The SMILES string of the molecule is CCCCCNC(=O)c1ccccc1NS(=O)O. The standard InChI is InChI=1S/C12H18N2O3S/c1-2-3-6-9-13-12(15)10-7-4-5-8-11(10)14-18(16)17/h4-5,7-8,14H,2-3,6,9H2,1H3,(H,13,15)(H,16,17). The molecule has 0 spiro atoms. The molecule has 1 atom stereocenters. The fraction of sp³-hybridized carbons (Fsp3) is 0.417. The molecule has 0 aromatic heterocycles. The van der Waals surface area contributed by atoms with Gasteiger partial charge in [-0.1, -0.05) is 31.9 Å². The summed E-state index contributed by atoms with van der Waals surface area (Å²) in [7, 11) is 0. The van der Waals surface area contributed by atoms with Crippen molar-refractivity contribution in [2.45, 2.75) is 26.2 Å². The number of carbonyl (C=O) groups excluding carboxylic acids is 1. The Morgan fingerprint density at radius 3 is 2.72 bits per heavy atom. The van der Waals surface area contributed by atoms with Crippen molar-refractivity contribution in [3.63, 3.8) is 0 Å². The molecule has 0 aliphatic carbocycles. The van der Waals surface area contributed by atoms with E-state index in [1.54, 1.807) is 24.3 Å². The molecule has 5 nitrogen and oxygen atoms in total. The highest BCUT2D eigenvalue weighted by molar-refractivity contribution is 7.80. The summed E-state index contributed by atoms with van der Waals surface area (Å²) >= 11 is -2.18. The fourth-order valence-electron chi connectivity index (χ4n) is 1.54. The van der Waals surface area contributed by atoms with E-state index >= 15 is 0 Å². The van der Waals surface area contributed by atoms with Crippen LogP contribution in [0.5, 0.6) is 0 Å². The number of nitrogens with one attached hydrogen (secondary N) is 2. The van der Waals surface area contributed by atoms with E-state index in [0.29, 0.717) is 17.8 Å². The summed E-state index contributed by atoms with van der Waals surface area (Å²) < 4.78 is 21.8. The minimum atomic E-state index is -2.18. The van der Waals surface area contributed by atoms with E-state index in [1.807, 2.05) is 0 Å². The Morgan fingerprint density at radius 1 is 1.33 bits per heavy atom. The Morgan fingerprint density at radius 2 is 2.06 bits per heavy atom. The number of hydrogen-bond donors (Lipinski definition) is 3. The van der Waals surface area contributed by atoms with Gasteiger partial charge < -0.3 is 5.32 Å². The van der Waals surface area contributed by atoms with Gasteiger partial charge in [-0.3, -0.25) is 14.1 Å². The molecule has 6 heteroatoms. The second kappa shape index (κ2) is 7.84. The van der Waals surface area contributed by atoms with Crippen LogP contribution in [0.4, 0.5) is 5.69 Å². The first kappa shape index (κ1) is 14.7. The van der Waals surface area contributed by atoms with Crippen molar-refractivity contribution in [1.82, 2.24) is 5.32 Å². The Hall–Kier alpha value is -1.40. The predicted octanol–water partition coefficient (Wildman–Crippen LogP) is 2.16. The maximum atomic E-state index is 11.9. The molecule has 0 fully saturated rings. The van der Waals surface area contributed by atoms with E-state index in [2.05, 4.69) is 17.0 Å². The van der Waals surface area contributed by atoms with Gasteiger partial charge in [-0.25, -0.2) is 4.21 Å². The van der Waals surface area contributed by atoms with Crippen molar-refractivity contribution in [3.8, 4) is 0 Å². The summed E-state index contributed by atoms with van der Waals surface area (Å²) in [5.74, 6) is -0.236. The first-order valence-electron chi connectivity index (χ1n) is 5.90. The molecule has 0 radical (unpaired) electrons. The molecule has 1 aromatic rings. The average Bonchev–Trinajstić information content (AvgIpc) is 2.34. The maximum absolute atomic E-state index is 11.9. The lowest BCUT2D eigenvalue weighted by Gasteiger charge is -2.09. The van der Waals surface area contributed by atoms with Gasteiger partial charge in [-0.05, 0) is 18.6 Å². The highest BCUT2D eigenvalue weighted by atomic mass is 32.2. The number of amides is 1. The van der Waals surface area contributed by atoms with Crippen LogP contribution < -0.4 is 10.0 Å². The molecule has 0 saturated heterocycles. The van der Waals surface area contributed by atoms with Crippen molar-refractivity contribution in [2.75, 3.05) is 11.3 Å². The molecular formula is C12H18N2O3S. The minimum Gasteiger partial charge on any atom is -0.352 e. The summed E-state index contributed by atoms with van der Waals surface area (Å²) in [4.78, 5) is 11.9. The first-order valence-corrected chi connectivity index (χ1v) is 7.00. The molecule has 100 valence electrons. The highest BCUT2D eigenvalue weighted by Crippen LogP contribution is 2.15. The van der Waals surface area contributed by atoms with Crippen LogP contribution in [-0.2, 0) is 11.3 Å². The number of carbonyl (C=O) groups is 1. The molecule has 1 rings (SSSR count). The Labute approximate surface area is 109 Å². The van der Waals surface area contributed by atoms with E-state index in [0.717, 1.165) is 19.3 Å². The average molecular weight is 270 g/mol. The molecule has 1 aromatic carbocycles. The van der Waals surface area contributed by atoms with Gasteiger partial charge in [0.25, 0.3) is 17.2 Å². The third kappa shape index (κ3) is 4.85. The number of unbranched alkanes of at least 4 members (excludes halogenated alkanes) is 2. The van der Waals surface area contributed by atoms with Crippen molar-refractivity contribution in [2.24, 2.45) is 0 Å². The molecular weight excluding hydrogens is 252 g/mol. The van der Waals surface area contributed by atoms with Crippen molar-refractivity contribution in [3.05, 3.63) is 29.8 Å². The lowest BCUT2D eigenvalue weighted by molar-refractivity contribution is 0.0954. The van der Waals surface area contributed by atoms with Gasteiger partial charge in [0.2, 0.25) is 0 Å². The lowest BCUT2D eigenvalue weighted by Crippen LogP contribution is -2.25. The molecule has 0 heterocycles. The number of anilines is 1. The van der Waals surface area contributed by atoms with Crippen LogP contribution in [0.15, 0.2) is 24.3 Å². The predicted molar refractivity (Wildman–Crippen MR) is 72.7 cm³/mol. The number of para-hydroxylation sites is 1. The van der Waals surface area contributed by atoms with E-state index in [-0.39, 0.29) is 5.91 Å².